The van der Waals surface area contributed by atoms with E-state index in [0.29, 0.717) is 18.8 Å². The van der Waals surface area contributed by atoms with Crippen molar-refractivity contribution < 1.29 is 14.4 Å². The number of guanidine groups is 1. The normalized spacial score (nSPS) is 18.8. The number of hydrogen-bond donors (Lipinski definition) is 5. The Balaban J connectivity index is 2.48. The van der Waals surface area contributed by atoms with Crippen molar-refractivity contribution in [3.63, 3.8) is 0 Å². The second kappa shape index (κ2) is 9.57. The quantitative estimate of drug-likeness (QED) is 0.198. The van der Waals surface area contributed by atoms with Crippen LogP contribution in [-0.4, -0.2) is 66.8 Å². The van der Waals surface area contributed by atoms with Crippen LogP contribution in [0.2, 0.25) is 0 Å². The molecule has 0 aliphatic carbocycles. The molecule has 11 heteroatoms. The van der Waals surface area contributed by atoms with Crippen LogP contribution in [-0.2, 0) is 9.59 Å². The Morgan fingerprint density at radius 2 is 2.16 bits per heavy atom. The molecule has 0 fully saturated rings. The first-order valence-corrected chi connectivity index (χ1v) is 7.90. The molecule has 0 radical (unpaired) electrons. The molecule has 140 valence electrons. The number of nitrogens with two attached hydrogens (primary N) is 3. The lowest BCUT2D eigenvalue weighted by atomic mass is 10.1. The van der Waals surface area contributed by atoms with Crippen molar-refractivity contribution in [2.45, 2.75) is 38.3 Å². The highest BCUT2D eigenvalue weighted by atomic mass is 16.2. The summed E-state index contributed by atoms with van der Waals surface area (Å²) in [6.07, 6.45) is 1.46. The average molecular weight is 354 g/mol. The first-order valence-electron chi connectivity index (χ1n) is 7.90. The van der Waals surface area contributed by atoms with Crippen LogP contribution in [0.1, 0.15) is 26.2 Å². The fraction of sp³-hybridized carbons (Fsp3) is 0.643. The van der Waals surface area contributed by atoms with E-state index in [1.807, 2.05) is 0 Å². The predicted octanol–water partition coefficient (Wildman–Crippen LogP) is -2.16. The van der Waals surface area contributed by atoms with Crippen molar-refractivity contribution in [1.82, 2.24) is 15.5 Å². The van der Waals surface area contributed by atoms with E-state index in [-0.39, 0.29) is 30.9 Å². The lowest BCUT2D eigenvalue weighted by molar-refractivity contribution is -0.138. The van der Waals surface area contributed by atoms with Gasteiger partial charge in [0.15, 0.2) is 0 Å². The SMILES string of the molecule is CC(N)=NCCC[C@H](N)CC(=O)N(C)C1CN=C(NC(N)=O)NC1=O. The maximum absolute atomic E-state index is 12.3. The van der Waals surface area contributed by atoms with Gasteiger partial charge in [0.1, 0.15) is 6.04 Å². The zero-order chi connectivity index (χ0) is 19.0. The molecule has 1 rings (SSSR count). The number of aliphatic imine (C=N–C) groups is 2. The van der Waals surface area contributed by atoms with Crippen LogP contribution < -0.4 is 27.8 Å². The molecule has 1 aliphatic rings. The Labute approximate surface area is 146 Å². The van der Waals surface area contributed by atoms with E-state index >= 15 is 0 Å². The minimum atomic E-state index is -0.831. The second-order valence-corrected chi connectivity index (χ2v) is 5.82. The number of nitrogens with one attached hydrogen (secondary N) is 2. The van der Waals surface area contributed by atoms with Gasteiger partial charge in [0.2, 0.25) is 11.9 Å². The Kier molecular flexibility index (Phi) is 7.79. The van der Waals surface area contributed by atoms with Gasteiger partial charge in [-0.25, -0.2) is 9.79 Å². The van der Waals surface area contributed by atoms with Gasteiger partial charge in [-0.15, -0.1) is 0 Å². The topological polar surface area (TPSA) is 181 Å². The number of carbonyl (C=O) groups excluding carboxylic acids is 3. The molecule has 4 amide bonds. The molecule has 1 aliphatic heterocycles. The highest BCUT2D eigenvalue weighted by molar-refractivity contribution is 6.07. The van der Waals surface area contributed by atoms with Crippen molar-refractivity contribution in [2.24, 2.45) is 27.2 Å². The van der Waals surface area contributed by atoms with E-state index in [0.717, 1.165) is 6.42 Å². The minimum absolute atomic E-state index is 0.0259. The molecular weight excluding hydrogens is 328 g/mol. The van der Waals surface area contributed by atoms with Crippen LogP contribution in [0.4, 0.5) is 4.79 Å². The maximum atomic E-state index is 12.3. The zero-order valence-electron chi connectivity index (χ0n) is 14.5. The summed E-state index contributed by atoms with van der Waals surface area (Å²) in [5.41, 5.74) is 16.4. The van der Waals surface area contributed by atoms with Crippen LogP contribution in [0.5, 0.6) is 0 Å². The summed E-state index contributed by atoms with van der Waals surface area (Å²) in [6, 6.07) is -1.92. The summed E-state index contributed by atoms with van der Waals surface area (Å²) < 4.78 is 0. The van der Waals surface area contributed by atoms with E-state index in [1.165, 1.54) is 11.9 Å². The van der Waals surface area contributed by atoms with E-state index in [1.54, 1.807) is 6.92 Å². The number of likely N-dealkylation sites (N-methyl/N-ethyl adjacent to an activating group) is 1. The van der Waals surface area contributed by atoms with Gasteiger partial charge in [0.25, 0.3) is 5.91 Å². The lowest BCUT2D eigenvalue weighted by Crippen LogP contribution is -2.58. The number of urea groups is 1. The fourth-order valence-corrected chi connectivity index (χ4v) is 2.24. The van der Waals surface area contributed by atoms with Gasteiger partial charge in [-0.05, 0) is 19.8 Å². The van der Waals surface area contributed by atoms with E-state index < -0.39 is 18.0 Å². The molecule has 1 heterocycles. The average Bonchev–Trinajstić information content (AvgIpc) is 2.50. The predicted molar refractivity (Wildman–Crippen MR) is 93.7 cm³/mol. The van der Waals surface area contributed by atoms with Crippen molar-refractivity contribution in [3.05, 3.63) is 0 Å². The van der Waals surface area contributed by atoms with E-state index in [2.05, 4.69) is 20.6 Å². The molecule has 0 aromatic rings. The third-order valence-corrected chi connectivity index (χ3v) is 3.60. The standard InChI is InChI=1S/C14H26N8O3/c1-8(15)18-5-3-4-9(16)6-11(23)22(2)10-7-19-14(20-12(10)24)21-13(17)25/h9-10H,3-7,16H2,1-2H3,(H2,15,18)(H4,17,19,20,21,24,25)/t9-,10?/m0/s1. The lowest BCUT2D eigenvalue weighted by Gasteiger charge is -2.30. The maximum Gasteiger partial charge on any atom is 0.318 e. The van der Waals surface area contributed by atoms with E-state index in [9.17, 15) is 14.4 Å². The molecule has 2 atom stereocenters. The molecule has 0 aromatic heterocycles. The molecule has 0 saturated carbocycles. The van der Waals surface area contributed by atoms with Gasteiger partial charge >= 0.3 is 6.03 Å². The highest BCUT2D eigenvalue weighted by Crippen LogP contribution is 2.08. The third kappa shape index (κ3) is 7.16. The van der Waals surface area contributed by atoms with Gasteiger partial charge in [-0.3, -0.25) is 25.2 Å². The van der Waals surface area contributed by atoms with Gasteiger partial charge in [-0.1, -0.05) is 0 Å². The van der Waals surface area contributed by atoms with Gasteiger partial charge in [0.05, 0.1) is 12.4 Å². The van der Waals surface area contributed by atoms with Gasteiger partial charge < -0.3 is 22.1 Å². The zero-order valence-corrected chi connectivity index (χ0v) is 14.5. The Morgan fingerprint density at radius 1 is 1.48 bits per heavy atom. The number of hydrogen-bond acceptors (Lipinski definition) is 6. The molecule has 0 aromatic carbocycles. The summed E-state index contributed by atoms with van der Waals surface area (Å²) >= 11 is 0. The number of amidine groups is 1. The number of primary amides is 1. The molecule has 0 bridgehead atoms. The van der Waals surface area contributed by atoms with Crippen LogP contribution in [0, 0.1) is 0 Å². The van der Waals surface area contributed by atoms with Gasteiger partial charge in [-0.2, -0.15) is 0 Å². The summed E-state index contributed by atoms with van der Waals surface area (Å²) in [6.45, 7) is 2.30. The summed E-state index contributed by atoms with van der Waals surface area (Å²) in [5, 5.41) is 4.57. The van der Waals surface area contributed by atoms with Crippen LogP contribution in [0.3, 0.4) is 0 Å². The molecule has 8 N–H and O–H groups in total. The Hall–Kier alpha value is -2.69. The van der Waals surface area contributed by atoms with E-state index in [4.69, 9.17) is 17.2 Å². The third-order valence-electron chi connectivity index (χ3n) is 3.60. The van der Waals surface area contributed by atoms with Crippen LogP contribution >= 0.6 is 0 Å². The van der Waals surface area contributed by atoms with Gasteiger partial charge in [0, 0.05) is 26.1 Å². The number of rotatable bonds is 7. The number of nitrogens with zero attached hydrogens (tertiary/aromatic N) is 3. The van der Waals surface area contributed by atoms with Crippen molar-refractivity contribution in [2.75, 3.05) is 20.1 Å². The monoisotopic (exact) mass is 354 g/mol. The molecular formula is C14H26N8O3. The van der Waals surface area contributed by atoms with Crippen molar-refractivity contribution >= 4 is 29.6 Å². The summed E-state index contributed by atoms with van der Waals surface area (Å²) in [4.78, 5) is 44.4. The molecule has 0 saturated heterocycles. The number of carbonyl (C=O) groups is 3. The molecule has 11 nitrogen and oxygen atoms in total. The first kappa shape index (κ1) is 20.4. The van der Waals surface area contributed by atoms with Crippen molar-refractivity contribution in [3.8, 4) is 0 Å². The Morgan fingerprint density at radius 3 is 2.72 bits per heavy atom. The second-order valence-electron chi connectivity index (χ2n) is 5.82. The first-order chi connectivity index (χ1) is 11.7. The smallest absolute Gasteiger partial charge is 0.318 e. The highest BCUT2D eigenvalue weighted by Gasteiger charge is 2.31. The molecule has 25 heavy (non-hydrogen) atoms. The molecule has 0 spiro atoms. The summed E-state index contributed by atoms with van der Waals surface area (Å²) in [5.74, 6) is -0.218. The summed E-state index contributed by atoms with van der Waals surface area (Å²) in [7, 11) is 1.52. The largest absolute Gasteiger partial charge is 0.388 e. The van der Waals surface area contributed by atoms with Crippen LogP contribution in [0.15, 0.2) is 9.98 Å². The number of amides is 4. The molecule has 1 unspecified atom stereocenters. The minimum Gasteiger partial charge on any atom is -0.388 e. The van der Waals surface area contributed by atoms with Crippen molar-refractivity contribution in [1.29, 1.82) is 0 Å². The fourth-order valence-electron chi connectivity index (χ4n) is 2.24. The van der Waals surface area contributed by atoms with Crippen LogP contribution in [0.25, 0.3) is 0 Å². The Bertz CT molecular complexity index is 570.